The molecule has 0 radical (unpaired) electrons. The van der Waals surface area contributed by atoms with Crippen molar-refractivity contribution in [3.8, 4) is 0 Å². The highest BCUT2D eigenvalue weighted by Gasteiger charge is 2.22. The molecule has 1 fully saturated rings. The zero-order chi connectivity index (χ0) is 16.6. The fourth-order valence-corrected chi connectivity index (χ4v) is 3.30. The lowest BCUT2D eigenvalue weighted by Crippen LogP contribution is -2.42. The SMILES string of the molecule is OC(COCc1ccccc1)CN1CCCC(Cn2cncn2)C1. The van der Waals surface area contributed by atoms with Gasteiger partial charge in [-0.2, -0.15) is 5.10 Å². The van der Waals surface area contributed by atoms with Crippen LogP contribution in [0.1, 0.15) is 18.4 Å². The maximum Gasteiger partial charge on any atom is 0.137 e. The molecule has 6 nitrogen and oxygen atoms in total. The van der Waals surface area contributed by atoms with Crippen LogP contribution in [-0.4, -0.2) is 57.1 Å². The second-order valence-electron chi connectivity index (χ2n) is 6.54. The van der Waals surface area contributed by atoms with E-state index in [0.717, 1.165) is 31.6 Å². The first-order valence-electron chi connectivity index (χ1n) is 8.64. The highest BCUT2D eigenvalue weighted by atomic mass is 16.5. The smallest absolute Gasteiger partial charge is 0.137 e. The van der Waals surface area contributed by atoms with Crippen LogP contribution in [0.2, 0.25) is 0 Å². The molecular formula is C18H26N4O2. The zero-order valence-electron chi connectivity index (χ0n) is 14.0. The van der Waals surface area contributed by atoms with Gasteiger partial charge in [-0.1, -0.05) is 30.3 Å². The van der Waals surface area contributed by atoms with Crippen molar-refractivity contribution in [2.45, 2.75) is 32.1 Å². The molecule has 0 spiro atoms. The van der Waals surface area contributed by atoms with Crippen LogP contribution in [0.5, 0.6) is 0 Å². The minimum atomic E-state index is -0.446. The summed E-state index contributed by atoms with van der Waals surface area (Å²) in [7, 11) is 0. The summed E-state index contributed by atoms with van der Waals surface area (Å²) < 4.78 is 7.53. The first-order valence-corrected chi connectivity index (χ1v) is 8.64. The van der Waals surface area contributed by atoms with Crippen molar-refractivity contribution in [3.05, 3.63) is 48.5 Å². The van der Waals surface area contributed by atoms with E-state index in [1.54, 1.807) is 12.7 Å². The normalized spacial score (nSPS) is 20.1. The van der Waals surface area contributed by atoms with E-state index in [1.165, 1.54) is 6.42 Å². The van der Waals surface area contributed by atoms with E-state index in [1.807, 2.05) is 35.0 Å². The predicted molar refractivity (Wildman–Crippen MR) is 91.3 cm³/mol. The quantitative estimate of drug-likeness (QED) is 0.796. The van der Waals surface area contributed by atoms with E-state index < -0.39 is 6.10 Å². The van der Waals surface area contributed by atoms with Crippen molar-refractivity contribution < 1.29 is 9.84 Å². The largest absolute Gasteiger partial charge is 0.389 e. The van der Waals surface area contributed by atoms with Crippen LogP contribution in [-0.2, 0) is 17.9 Å². The van der Waals surface area contributed by atoms with Gasteiger partial charge in [0.1, 0.15) is 12.7 Å². The number of ether oxygens (including phenoxy) is 1. The van der Waals surface area contributed by atoms with E-state index in [4.69, 9.17) is 4.74 Å². The Hall–Kier alpha value is -1.76. The number of hydrogen-bond donors (Lipinski definition) is 1. The monoisotopic (exact) mass is 330 g/mol. The molecule has 1 N–H and O–H groups in total. The van der Waals surface area contributed by atoms with Crippen molar-refractivity contribution in [1.29, 1.82) is 0 Å². The number of nitrogens with zero attached hydrogens (tertiary/aromatic N) is 4. The fourth-order valence-electron chi connectivity index (χ4n) is 3.30. The van der Waals surface area contributed by atoms with E-state index in [-0.39, 0.29) is 0 Å². The number of piperidine rings is 1. The first kappa shape index (κ1) is 17.1. The van der Waals surface area contributed by atoms with Crippen molar-refractivity contribution in [2.75, 3.05) is 26.2 Å². The Kier molecular flexibility index (Phi) is 6.34. The molecule has 6 heteroatoms. The topological polar surface area (TPSA) is 63.4 Å². The Labute approximate surface area is 143 Å². The average molecular weight is 330 g/mol. The van der Waals surface area contributed by atoms with Gasteiger partial charge in [0.05, 0.1) is 19.3 Å². The molecule has 24 heavy (non-hydrogen) atoms. The summed E-state index contributed by atoms with van der Waals surface area (Å²) >= 11 is 0. The Bertz CT molecular complexity index is 576. The van der Waals surface area contributed by atoms with Gasteiger partial charge in [0.25, 0.3) is 0 Å². The molecule has 2 atom stereocenters. The summed E-state index contributed by atoms with van der Waals surface area (Å²) in [6.07, 6.45) is 5.27. The van der Waals surface area contributed by atoms with Crippen LogP contribution in [0.25, 0.3) is 0 Å². The average Bonchev–Trinajstić information content (AvgIpc) is 3.09. The molecule has 130 valence electrons. The third kappa shape index (κ3) is 5.40. The van der Waals surface area contributed by atoms with Crippen LogP contribution < -0.4 is 0 Å². The molecule has 3 rings (SSSR count). The number of likely N-dealkylation sites (tertiary alicyclic amines) is 1. The molecule has 1 saturated heterocycles. The molecule has 2 aromatic rings. The predicted octanol–water partition coefficient (Wildman–Crippen LogP) is 1.57. The lowest BCUT2D eigenvalue weighted by molar-refractivity contribution is 0.00214. The second kappa shape index (κ2) is 8.92. The van der Waals surface area contributed by atoms with Gasteiger partial charge in [0, 0.05) is 19.6 Å². The van der Waals surface area contributed by atoms with Gasteiger partial charge < -0.3 is 14.7 Å². The van der Waals surface area contributed by atoms with Crippen LogP contribution in [0.3, 0.4) is 0 Å². The maximum absolute atomic E-state index is 10.2. The van der Waals surface area contributed by atoms with Gasteiger partial charge in [-0.05, 0) is 30.9 Å². The lowest BCUT2D eigenvalue weighted by atomic mass is 9.98. The summed E-state index contributed by atoms with van der Waals surface area (Å²) in [5.41, 5.74) is 1.13. The van der Waals surface area contributed by atoms with E-state index in [2.05, 4.69) is 15.0 Å². The minimum Gasteiger partial charge on any atom is -0.389 e. The molecule has 1 aliphatic heterocycles. The van der Waals surface area contributed by atoms with E-state index >= 15 is 0 Å². The molecule has 1 aromatic heterocycles. The van der Waals surface area contributed by atoms with Crippen LogP contribution in [0, 0.1) is 5.92 Å². The van der Waals surface area contributed by atoms with Crippen molar-refractivity contribution in [1.82, 2.24) is 19.7 Å². The first-order chi connectivity index (χ1) is 11.8. The molecule has 1 aromatic carbocycles. The molecule has 1 aliphatic rings. The summed E-state index contributed by atoms with van der Waals surface area (Å²) in [5.74, 6) is 0.567. The van der Waals surface area contributed by atoms with Crippen LogP contribution in [0.4, 0.5) is 0 Å². The van der Waals surface area contributed by atoms with Gasteiger partial charge in [-0.15, -0.1) is 0 Å². The molecule has 2 unspecified atom stereocenters. The molecule has 0 amide bonds. The number of aliphatic hydroxyl groups excluding tert-OH is 1. The van der Waals surface area contributed by atoms with Gasteiger partial charge in [-0.25, -0.2) is 4.98 Å². The number of benzene rings is 1. The van der Waals surface area contributed by atoms with Gasteiger partial charge >= 0.3 is 0 Å². The Morgan fingerprint density at radius 3 is 2.96 bits per heavy atom. The van der Waals surface area contributed by atoms with Gasteiger partial charge in [0.15, 0.2) is 0 Å². The number of rotatable bonds is 8. The number of β-amino-alcohol motifs (C(OH)–C–C–N with tert-alkyl or cyclic N) is 1. The minimum absolute atomic E-state index is 0.374. The van der Waals surface area contributed by atoms with E-state index in [0.29, 0.717) is 25.7 Å². The zero-order valence-corrected chi connectivity index (χ0v) is 14.0. The third-order valence-electron chi connectivity index (χ3n) is 4.41. The Balaban J connectivity index is 1.36. The highest BCUT2D eigenvalue weighted by Crippen LogP contribution is 2.18. The number of aromatic nitrogens is 3. The van der Waals surface area contributed by atoms with E-state index in [9.17, 15) is 5.11 Å². The number of aliphatic hydroxyl groups is 1. The fraction of sp³-hybridized carbons (Fsp3) is 0.556. The Morgan fingerprint density at radius 2 is 2.17 bits per heavy atom. The Morgan fingerprint density at radius 1 is 1.29 bits per heavy atom. The van der Waals surface area contributed by atoms with Gasteiger partial charge in [-0.3, -0.25) is 4.68 Å². The maximum atomic E-state index is 10.2. The summed E-state index contributed by atoms with van der Waals surface area (Å²) in [6, 6.07) is 10.1. The highest BCUT2D eigenvalue weighted by molar-refractivity contribution is 5.13. The molecule has 0 saturated carbocycles. The second-order valence-corrected chi connectivity index (χ2v) is 6.54. The standard InChI is InChI=1S/C18H26N4O2/c23-18(13-24-12-16-5-2-1-3-6-16)11-21-8-4-7-17(9-21)10-22-15-19-14-20-22/h1-3,5-6,14-15,17-18,23H,4,7-13H2. The lowest BCUT2D eigenvalue weighted by Gasteiger charge is -2.33. The molecule has 0 aliphatic carbocycles. The summed E-state index contributed by atoms with van der Waals surface area (Å²) in [4.78, 5) is 6.33. The van der Waals surface area contributed by atoms with Crippen LogP contribution >= 0.6 is 0 Å². The number of hydrogen-bond acceptors (Lipinski definition) is 5. The third-order valence-corrected chi connectivity index (χ3v) is 4.41. The molecular weight excluding hydrogens is 304 g/mol. The van der Waals surface area contributed by atoms with Crippen molar-refractivity contribution >= 4 is 0 Å². The molecule has 2 heterocycles. The van der Waals surface area contributed by atoms with Gasteiger partial charge in [0.2, 0.25) is 0 Å². The summed E-state index contributed by atoms with van der Waals surface area (Å²) in [5, 5.41) is 14.4. The van der Waals surface area contributed by atoms with Crippen LogP contribution in [0.15, 0.2) is 43.0 Å². The van der Waals surface area contributed by atoms with Crippen molar-refractivity contribution in [2.24, 2.45) is 5.92 Å². The summed E-state index contributed by atoms with van der Waals surface area (Å²) in [6.45, 7) is 4.53. The van der Waals surface area contributed by atoms with Crippen molar-refractivity contribution in [3.63, 3.8) is 0 Å². The molecule has 0 bridgehead atoms.